The number of hydrogen-bond donors (Lipinski definition) is 0. The summed E-state index contributed by atoms with van der Waals surface area (Å²) in [7, 11) is 0. The van der Waals surface area contributed by atoms with E-state index in [1.807, 2.05) is 0 Å². The van der Waals surface area contributed by atoms with E-state index >= 15 is 0 Å². The molecule has 0 saturated carbocycles. The summed E-state index contributed by atoms with van der Waals surface area (Å²) in [6, 6.07) is 9.12. The van der Waals surface area contributed by atoms with Gasteiger partial charge in [0.25, 0.3) is 0 Å². The van der Waals surface area contributed by atoms with Crippen molar-refractivity contribution in [3.8, 4) is 0 Å². The predicted molar refractivity (Wildman–Crippen MR) is 92.0 cm³/mol. The molecule has 2 heteroatoms. The first-order valence-electron chi connectivity index (χ1n) is 8.36. The molecule has 114 valence electrons. The molecule has 0 spiro atoms. The fraction of sp³-hybridized carbons (Fsp3) is 0.667. The van der Waals surface area contributed by atoms with Crippen LogP contribution < -0.4 is 9.80 Å². The highest BCUT2D eigenvalue weighted by molar-refractivity contribution is 5.56. The summed E-state index contributed by atoms with van der Waals surface area (Å²) in [6.45, 7) is 13.5. The van der Waals surface area contributed by atoms with Gasteiger partial charge in [0.1, 0.15) is 0 Å². The molecule has 1 rings (SSSR count). The van der Waals surface area contributed by atoms with Gasteiger partial charge in [0, 0.05) is 37.6 Å². The number of unbranched alkanes of at least 4 members (excludes halogenated alkanes) is 2. The molecule has 0 aromatic heterocycles. The van der Waals surface area contributed by atoms with Gasteiger partial charge in [0.2, 0.25) is 0 Å². The zero-order chi connectivity index (χ0) is 14.8. The van der Waals surface area contributed by atoms with Crippen LogP contribution in [0.3, 0.4) is 0 Å². The highest BCUT2D eigenvalue weighted by Gasteiger charge is 2.07. The summed E-state index contributed by atoms with van der Waals surface area (Å²) < 4.78 is 0. The van der Waals surface area contributed by atoms with Crippen molar-refractivity contribution in [2.45, 2.75) is 53.4 Å². The summed E-state index contributed by atoms with van der Waals surface area (Å²) in [5.41, 5.74) is 2.72. The average Bonchev–Trinajstić information content (AvgIpc) is 2.50. The van der Waals surface area contributed by atoms with Crippen LogP contribution in [0, 0.1) is 0 Å². The van der Waals surface area contributed by atoms with Crippen molar-refractivity contribution >= 4 is 11.4 Å². The lowest BCUT2D eigenvalue weighted by Gasteiger charge is -2.26. The zero-order valence-corrected chi connectivity index (χ0v) is 13.9. The molecule has 20 heavy (non-hydrogen) atoms. The van der Waals surface area contributed by atoms with E-state index in [2.05, 4.69) is 61.8 Å². The molecule has 0 bridgehead atoms. The van der Waals surface area contributed by atoms with Crippen molar-refractivity contribution in [1.82, 2.24) is 0 Å². The number of nitrogens with zero attached hydrogens (tertiary/aromatic N) is 2. The Kier molecular flexibility index (Phi) is 8.17. The number of benzene rings is 1. The van der Waals surface area contributed by atoms with Crippen LogP contribution in [0.25, 0.3) is 0 Å². The molecule has 0 saturated heterocycles. The van der Waals surface area contributed by atoms with Gasteiger partial charge in [-0.05, 0) is 51.0 Å². The van der Waals surface area contributed by atoms with E-state index in [1.54, 1.807) is 0 Å². The molecular formula is C18H32N2. The third-order valence-corrected chi connectivity index (χ3v) is 3.91. The molecule has 0 amide bonds. The second-order valence-corrected chi connectivity index (χ2v) is 5.38. The van der Waals surface area contributed by atoms with Crippen molar-refractivity contribution in [3.05, 3.63) is 24.3 Å². The summed E-state index contributed by atoms with van der Waals surface area (Å²) in [5.74, 6) is 0. The van der Waals surface area contributed by atoms with Gasteiger partial charge >= 0.3 is 0 Å². The Hall–Kier alpha value is -1.18. The minimum absolute atomic E-state index is 1.07. The second-order valence-electron chi connectivity index (χ2n) is 5.38. The van der Waals surface area contributed by atoms with Crippen LogP contribution >= 0.6 is 0 Å². The third-order valence-electron chi connectivity index (χ3n) is 3.91. The summed E-state index contributed by atoms with van der Waals surface area (Å²) in [5, 5.41) is 0. The Balaban J connectivity index is 2.75. The largest absolute Gasteiger partial charge is 0.372 e. The zero-order valence-electron chi connectivity index (χ0n) is 13.9. The topological polar surface area (TPSA) is 6.48 Å². The average molecular weight is 276 g/mol. The van der Waals surface area contributed by atoms with Gasteiger partial charge in [0.05, 0.1) is 0 Å². The van der Waals surface area contributed by atoms with Gasteiger partial charge in [-0.1, -0.05) is 26.7 Å². The fourth-order valence-electron chi connectivity index (χ4n) is 2.53. The van der Waals surface area contributed by atoms with E-state index in [4.69, 9.17) is 0 Å². The van der Waals surface area contributed by atoms with Gasteiger partial charge in [-0.15, -0.1) is 0 Å². The van der Waals surface area contributed by atoms with Gasteiger partial charge < -0.3 is 9.80 Å². The first kappa shape index (κ1) is 16.9. The number of rotatable bonds is 10. The Bertz CT molecular complexity index is 333. The molecule has 0 radical (unpaired) electrons. The first-order chi connectivity index (χ1) is 9.76. The van der Waals surface area contributed by atoms with Crippen LogP contribution in [0.5, 0.6) is 0 Å². The van der Waals surface area contributed by atoms with Crippen molar-refractivity contribution in [1.29, 1.82) is 0 Å². The number of anilines is 2. The van der Waals surface area contributed by atoms with Crippen molar-refractivity contribution in [2.24, 2.45) is 0 Å². The Morgan fingerprint density at radius 3 is 1.40 bits per heavy atom. The van der Waals surface area contributed by atoms with Gasteiger partial charge in [-0.25, -0.2) is 0 Å². The Morgan fingerprint density at radius 2 is 1.05 bits per heavy atom. The van der Waals surface area contributed by atoms with E-state index in [1.165, 1.54) is 50.1 Å². The van der Waals surface area contributed by atoms with Crippen molar-refractivity contribution in [2.75, 3.05) is 36.0 Å². The molecule has 1 aromatic carbocycles. The maximum Gasteiger partial charge on any atom is 0.0367 e. The summed E-state index contributed by atoms with van der Waals surface area (Å²) >= 11 is 0. The van der Waals surface area contributed by atoms with Crippen molar-refractivity contribution in [3.63, 3.8) is 0 Å². The minimum Gasteiger partial charge on any atom is -0.372 e. The predicted octanol–water partition coefficient (Wildman–Crippen LogP) is 4.94. The highest BCUT2D eigenvalue weighted by atomic mass is 15.1. The summed E-state index contributed by atoms with van der Waals surface area (Å²) in [4.78, 5) is 4.94. The second kappa shape index (κ2) is 9.68. The van der Waals surface area contributed by atoms with Crippen LogP contribution in [0.4, 0.5) is 11.4 Å². The molecule has 1 aromatic rings. The lowest BCUT2D eigenvalue weighted by Crippen LogP contribution is -2.26. The highest BCUT2D eigenvalue weighted by Crippen LogP contribution is 2.21. The molecular weight excluding hydrogens is 244 g/mol. The smallest absolute Gasteiger partial charge is 0.0367 e. The third kappa shape index (κ3) is 5.07. The molecule has 0 unspecified atom stereocenters. The van der Waals surface area contributed by atoms with Gasteiger partial charge in [-0.2, -0.15) is 0 Å². The van der Waals surface area contributed by atoms with Crippen molar-refractivity contribution < 1.29 is 0 Å². The molecule has 0 atom stereocenters. The summed E-state index contributed by atoms with van der Waals surface area (Å²) in [6.07, 6.45) is 5.09. The van der Waals surface area contributed by atoms with Crippen LogP contribution in [0.15, 0.2) is 24.3 Å². The fourth-order valence-corrected chi connectivity index (χ4v) is 2.53. The normalized spacial score (nSPS) is 10.6. The Morgan fingerprint density at radius 1 is 0.650 bits per heavy atom. The first-order valence-corrected chi connectivity index (χ1v) is 8.36. The molecule has 0 fully saturated rings. The Labute approximate surface area is 125 Å². The number of hydrogen-bond acceptors (Lipinski definition) is 2. The molecule has 2 nitrogen and oxygen atoms in total. The molecule has 0 N–H and O–H groups in total. The van der Waals surface area contributed by atoms with E-state index in [0.717, 1.165) is 13.1 Å². The van der Waals surface area contributed by atoms with Crippen LogP contribution in [0.1, 0.15) is 53.4 Å². The van der Waals surface area contributed by atoms with Crippen LogP contribution in [-0.4, -0.2) is 26.2 Å². The van der Waals surface area contributed by atoms with Crippen LogP contribution in [-0.2, 0) is 0 Å². The maximum absolute atomic E-state index is 2.54. The standard InChI is InChI=1S/C18H32N2/c1-5-9-15-20(16-10-6-2)18-13-11-17(12-14-18)19(7-3)8-4/h11-14H,5-10,15-16H2,1-4H3. The molecule has 0 heterocycles. The van der Waals surface area contributed by atoms with E-state index in [9.17, 15) is 0 Å². The molecule has 0 aliphatic carbocycles. The van der Waals surface area contributed by atoms with E-state index < -0.39 is 0 Å². The lowest BCUT2D eigenvalue weighted by atomic mass is 10.2. The quantitative estimate of drug-likeness (QED) is 0.597. The van der Waals surface area contributed by atoms with E-state index in [-0.39, 0.29) is 0 Å². The van der Waals surface area contributed by atoms with Gasteiger partial charge in [0.15, 0.2) is 0 Å². The monoisotopic (exact) mass is 276 g/mol. The maximum atomic E-state index is 2.54. The van der Waals surface area contributed by atoms with E-state index in [0.29, 0.717) is 0 Å². The molecule has 0 aliphatic rings. The van der Waals surface area contributed by atoms with Gasteiger partial charge in [-0.3, -0.25) is 0 Å². The molecule has 0 aliphatic heterocycles. The van der Waals surface area contributed by atoms with Crippen LogP contribution in [0.2, 0.25) is 0 Å². The SMILES string of the molecule is CCCCN(CCCC)c1ccc(N(CC)CC)cc1. The minimum atomic E-state index is 1.07. The lowest BCUT2D eigenvalue weighted by molar-refractivity contribution is 0.678.